The van der Waals surface area contributed by atoms with Crippen LogP contribution in [-0.2, 0) is 0 Å². The van der Waals surface area contributed by atoms with E-state index >= 15 is 0 Å². The van der Waals surface area contributed by atoms with Gasteiger partial charge in [-0.25, -0.2) is 8.78 Å². The molecule has 3 heteroatoms. The molecule has 0 saturated heterocycles. The van der Waals surface area contributed by atoms with E-state index < -0.39 is 11.6 Å². The summed E-state index contributed by atoms with van der Waals surface area (Å²) in [5.74, 6) is -1.46. The zero-order chi connectivity index (χ0) is 10.0. The quantitative estimate of drug-likeness (QED) is 0.646. The van der Waals surface area contributed by atoms with Crippen LogP contribution in [0.25, 0.3) is 0 Å². The van der Waals surface area contributed by atoms with Crippen molar-refractivity contribution in [2.75, 3.05) is 0 Å². The highest BCUT2D eigenvalue weighted by molar-refractivity contribution is 5.75. The topological polar surface area (TPSA) is 17.1 Å². The van der Waals surface area contributed by atoms with Gasteiger partial charge in [-0.15, -0.1) is 0 Å². The standard InChI is InChI=1S/C10H10F2O/c1-6(2)8-3-7(5-13)9(11)4-10(8)12/h3-6H,1-2H3. The number of rotatable bonds is 2. The van der Waals surface area contributed by atoms with E-state index in [0.29, 0.717) is 11.8 Å². The summed E-state index contributed by atoms with van der Waals surface area (Å²) in [6.07, 6.45) is 0.390. The van der Waals surface area contributed by atoms with Crippen LogP contribution in [0.1, 0.15) is 35.7 Å². The van der Waals surface area contributed by atoms with Gasteiger partial charge in [0.1, 0.15) is 11.6 Å². The van der Waals surface area contributed by atoms with Crippen LogP contribution < -0.4 is 0 Å². The monoisotopic (exact) mass is 184 g/mol. The van der Waals surface area contributed by atoms with E-state index in [1.54, 1.807) is 13.8 Å². The molecule has 0 fully saturated rings. The molecule has 0 amide bonds. The molecule has 1 nitrogen and oxygen atoms in total. The Morgan fingerprint density at radius 3 is 2.31 bits per heavy atom. The van der Waals surface area contributed by atoms with E-state index in [0.717, 1.165) is 6.07 Å². The van der Waals surface area contributed by atoms with Crippen LogP contribution in [0.5, 0.6) is 0 Å². The minimum atomic E-state index is -0.808. The second-order valence-corrected chi connectivity index (χ2v) is 3.17. The number of aldehydes is 1. The van der Waals surface area contributed by atoms with Crippen LogP contribution in [-0.4, -0.2) is 6.29 Å². The van der Waals surface area contributed by atoms with Gasteiger partial charge in [-0.2, -0.15) is 0 Å². The molecule has 0 saturated carbocycles. The molecule has 0 unspecified atom stereocenters. The average Bonchev–Trinajstić information content (AvgIpc) is 2.03. The molecule has 1 rings (SSSR count). The molecule has 0 aliphatic rings. The molecular formula is C10H10F2O. The lowest BCUT2D eigenvalue weighted by atomic mass is 10.0. The normalized spacial score (nSPS) is 10.5. The van der Waals surface area contributed by atoms with Crippen LogP contribution in [0.4, 0.5) is 8.78 Å². The zero-order valence-electron chi connectivity index (χ0n) is 7.47. The van der Waals surface area contributed by atoms with Crippen molar-refractivity contribution in [1.82, 2.24) is 0 Å². The molecular weight excluding hydrogens is 174 g/mol. The van der Waals surface area contributed by atoms with Crippen LogP contribution in [0.3, 0.4) is 0 Å². The van der Waals surface area contributed by atoms with Gasteiger partial charge in [0.25, 0.3) is 0 Å². The smallest absolute Gasteiger partial charge is 0.153 e. The maximum atomic E-state index is 13.1. The first-order valence-electron chi connectivity index (χ1n) is 4.00. The molecule has 0 spiro atoms. The number of halogens is 2. The lowest BCUT2D eigenvalue weighted by molar-refractivity contribution is 0.111. The fraction of sp³-hybridized carbons (Fsp3) is 0.300. The van der Waals surface area contributed by atoms with Crippen LogP contribution in [0.15, 0.2) is 12.1 Å². The van der Waals surface area contributed by atoms with Crippen molar-refractivity contribution in [2.45, 2.75) is 19.8 Å². The SMILES string of the molecule is CC(C)c1cc(C=O)c(F)cc1F. The Morgan fingerprint density at radius 1 is 1.23 bits per heavy atom. The predicted molar refractivity (Wildman–Crippen MR) is 45.8 cm³/mol. The third-order valence-electron chi connectivity index (χ3n) is 1.86. The van der Waals surface area contributed by atoms with Crippen molar-refractivity contribution >= 4 is 6.29 Å². The summed E-state index contributed by atoms with van der Waals surface area (Å²) < 4.78 is 25.9. The largest absolute Gasteiger partial charge is 0.298 e. The highest BCUT2D eigenvalue weighted by Crippen LogP contribution is 2.21. The van der Waals surface area contributed by atoms with Gasteiger partial charge in [-0.05, 0) is 17.5 Å². The van der Waals surface area contributed by atoms with Crippen molar-refractivity contribution in [2.24, 2.45) is 0 Å². The van der Waals surface area contributed by atoms with E-state index in [9.17, 15) is 13.6 Å². The van der Waals surface area contributed by atoms with Gasteiger partial charge in [0, 0.05) is 6.07 Å². The van der Waals surface area contributed by atoms with Gasteiger partial charge in [0.2, 0.25) is 0 Å². The van der Waals surface area contributed by atoms with Crippen LogP contribution >= 0.6 is 0 Å². The fourth-order valence-corrected chi connectivity index (χ4v) is 1.12. The van der Waals surface area contributed by atoms with E-state index in [2.05, 4.69) is 0 Å². The second-order valence-electron chi connectivity index (χ2n) is 3.17. The van der Waals surface area contributed by atoms with Gasteiger partial charge >= 0.3 is 0 Å². The third kappa shape index (κ3) is 1.91. The van der Waals surface area contributed by atoms with Crippen molar-refractivity contribution < 1.29 is 13.6 Å². The minimum Gasteiger partial charge on any atom is -0.298 e. The third-order valence-corrected chi connectivity index (χ3v) is 1.86. The minimum absolute atomic E-state index is 0.0562. The van der Waals surface area contributed by atoms with Crippen LogP contribution in [0.2, 0.25) is 0 Å². The Kier molecular flexibility index (Phi) is 2.76. The van der Waals surface area contributed by atoms with Gasteiger partial charge in [0.15, 0.2) is 6.29 Å². The zero-order valence-corrected chi connectivity index (χ0v) is 7.47. The van der Waals surface area contributed by atoms with Gasteiger partial charge in [-0.1, -0.05) is 13.8 Å². The molecule has 1 aromatic rings. The highest BCUT2D eigenvalue weighted by atomic mass is 19.1. The number of hydrogen-bond acceptors (Lipinski definition) is 1. The lowest BCUT2D eigenvalue weighted by Gasteiger charge is -2.07. The average molecular weight is 184 g/mol. The molecule has 1 aromatic carbocycles. The van der Waals surface area contributed by atoms with Crippen molar-refractivity contribution in [3.63, 3.8) is 0 Å². The molecule has 0 aliphatic carbocycles. The Morgan fingerprint density at radius 2 is 1.85 bits per heavy atom. The van der Waals surface area contributed by atoms with Crippen molar-refractivity contribution in [3.05, 3.63) is 34.9 Å². The van der Waals surface area contributed by atoms with Crippen molar-refractivity contribution in [1.29, 1.82) is 0 Å². The molecule has 13 heavy (non-hydrogen) atoms. The summed E-state index contributed by atoms with van der Waals surface area (Å²) in [6, 6.07) is 2.00. The summed E-state index contributed by atoms with van der Waals surface area (Å²) in [5, 5.41) is 0. The summed E-state index contributed by atoms with van der Waals surface area (Å²) >= 11 is 0. The first kappa shape index (κ1) is 9.84. The number of hydrogen-bond donors (Lipinski definition) is 0. The Balaban J connectivity index is 3.30. The molecule has 0 N–H and O–H groups in total. The second kappa shape index (κ2) is 3.64. The Labute approximate surface area is 75.4 Å². The fourth-order valence-electron chi connectivity index (χ4n) is 1.12. The molecule has 0 radical (unpaired) electrons. The van der Waals surface area contributed by atoms with E-state index in [1.165, 1.54) is 6.07 Å². The first-order valence-corrected chi connectivity index (χ1v) is 4.00. The molecule has 0 aliphatic heterocycles. The number of benzene rings is 1. The van der Waals surface area contributed by atoms with Crippen LogP contribution in [0, 0.1) is 11.6 Å². The molecule has 0 aromatic heterocycles. The summed E-state index contributed by atoms with van der Waals surface area (Å²) in [5.41, 5.74) is 0.272. The van der Waals surface area contributed by atoms with E-state index in [4.69, 9.17) is 0 Å². The maximum absolute atomic E-state index is 13.1. The van der Waals surface area contributed by atoms with Crippen molar-refractivity contribution in [3.8, 4) is 0 Å². The van der Waals surface area contributed by atoms with E-state index in [-0.39, 0.29) is 11.5 Å². The van der Waals surface area contributed by atoms with Gasteiger partial charge in [0.05, 0.1) is 5.56 Å². The van der Waals surface area contributed by atoms with Gasteiger partial charge < -0.3 is 0 Å². The Bertz CT molecular complexity index is 332. The van der Waals surface area contributed by atoms with E-state index in [1.807, 2.05) is 0 Å². The molecule has 0 heterocycles. The predicted octanol–water partition coefficient (Wildman–Crippen LogP) is 2.90. The number of carbonyl (C=O) groups is 1. The van der Waals surface area contributed by atoms with Gasteiger partial charge in [-0.3, -0.25) is 4.79 Å². The summed E-state index contributed by atoms with van der Waals surface area (Å²) in [6.45, 7) is 3.57. The highest BCUT2D eigenvalue weighted by Gasteiger charge is 2.11. The maximum Gasteiger partial charge on any atom is 0.153 e. The first-order chi connectivity index (χ1) is 6.06. The summed E-state index contributed by atoms with van der Waals surface area (Å²) in [4.78, 5) is 10.4. The lowest BCUT2D eigenvalue weighted by Crippen LogP contribution is -1.98. The molecule has 70 valence electrons. The number of carbonyl (C=O) groups excluding carboxylic acids is 1. The Hall–Kier alpha value is -1.25. The molecule has 0 bridgehead atoms. The summed E-state index contributed by atoms with van der Waals surface area (Å²) in [7, 11) is 0. The molecule has 0 atom stereocenters.